The number of halogens is 1. The molecular weight excluding hydrogens is 214 g/mol. The molecule has 0 aromatic carbocycles. The van der Waals surface area contributed by atoms with E-state index >= 15 is 0 Å². The number of quaternary nitrogens is 1. The van der Waals surface area contributed by atoms with Gasteiger partial charge in [-0.3, -0.25) is 0 Å². The van der Waals surface area contributed by atoms with Crippen molar-refractivity contribution >= 4 is 5.97 Å². The fourth-order valence-corrected chi connectivity index (χ4v) is 0.958. The van der Waals surface area contributed by atoms with E-state index in [1.807, 2.05) is 27.2 Å². The van der Waals surface area contributed by atoms with Gasteiger partial charge >= 0.3 is 5.97 Å². The van der Waals surface area contributed by atoms with Gasteiger partial charge in [0.15, 0.2) is 6.54 Å². The van der Waals surface area contributed by atoms with Gasteiger partial charge in [-0.2, -0.15) is 0 Å². The summed E-state index contributed by atoms with van der Waals surface area (Å²) in [7, 11) is 5.91. The van der Waals surface area contributed by atoms with E-state index in [9.17, 15) is 4.79 Å². The molecule has 0 bridgehead atoms. The normalized spacial score (nSPS) is 11.2. The minimum Gasteiger partial charge on any atom is -1.00 e. The van der Waals surface area contributed by atoms with Crippen LogP contribution in [0.1, 0.15) is 19.8 Å². The molecule has 15 heavy (non-hydrogen) atoms. The third kappa shape index (κ3) is 13.5. The Labute approximate surface area is 99.1 Å². The molecule has 0 aromatic heterocycles. The van der Waals surface area contributed by atoms with Crippen molar-refractivity contribution in [1.82, 2.24) is 0 Å². The summed E-state index contributed by atoms with van der Waals surface area (Å²) >= 11 is 0. The van der Waals surface area contributed by atoms with E-state index in [2.05, 4.69) is 13.0 Å². The van der Waals surface area contributed by atoms with Crippen molar-refractivity contribution in [3.05, 3.63) is 12.2 Å². The molecule has 0 spiro atoms. The van der Waals surface area contributed by atoms with Crippen LogP contribution in [0.15, 0.2) is 12.2 Å². The van der Waals surface area contributed by atoms with Crippen molar-refractivity contribution in [2.24, 2.45) is 0 Å². The molecule has 0 atom stereocenters. The average Bonchev–Trinajstić information content (AvgIpc) is 2.00. The molecule has 0 heterocycles. The molecule has 0 rings (SSSR count). The minimum absolute atomic E-state index is 0. The second-order valence-corrected chi connectivity index (χ2v) is 4.34. The molecular formula is C11H22ClNO2. The zero-order valence-corrected chi connectivity index (χ0v) is 10.9. The highest BCUT2D eigenvalue weighted by Gasteiger charge is 2.14. The van der Waals surface area contributed by atoms with Crippen molar-refractivity contribution in [3.8, 4) is 0 Å². The first-order valence-corrected chi connectivity index (χ1v) is 5.07. The van der Waals surface area contributed by atoms with Crippen molar-refractivity contribution in [1.29, 1.82) is 0 Å². The SMILES string of the molecule is CC/C=C/CCOC(=O)C[N+](C)(C)C.[Cl-]. The standard InChI is InChI=1S/C11H22NO2.ClH/c1-5-6-7-8-9-14-11(13)10-12(2,3)4;/h6-7H,5,8-10H2,1-4H3;1H/q+1;/p-1/b7-6+;. The Morgan fingerprint density at radius 1 is 1.27 bits per heavy atom. The van der Waals surface area contributed by atoms with Gasteiger partial charge < -0.3 is 21.6 Å². The van der Waals surface area contributed by atoms with Crippen LogP contribution in [-0.4, -0.2) is 44.7 Å². The molecule has 0 fully saturated rings. The Morgan fingerprint density at radius 3 is 2.33 bits per heavy atom. The fraction of sp³-hybridized carbons (Fsp3) is 0.727. The maximum absolute atomic E-state index is 11.2. The summed E-state index contributed by atoms with van der Waals surface area (Å²) < 4.78 is 5.67. The lowest BCUT2D eigenvalue weighted by atomic mass is 10.3. The van der Waals surface area contributed by atoms with Crippen LogP contribution in [0.2, 0.25) is 0 Å². The molecule has 4 heteroatoms. The van der Waals surface area contributed by atoms with Gasteiger partial charge in [-0.1, -0.05) is 19.1 Å². The van der Waals surface area contributed by atoms with Gasteiger partial charge in [0, 0.05) is 0 Å². The maximum Gasteiger partial charge on any atom is 0.361 e. The van der Waals surface area contributed by atoms with E-state index in [1.54, 1.807) is 0 Å². The molecule has 0 aromatic rings. The first-order valence-electron chi connectivity index (χ1n) is 5.07. The summed E-state index contributed by atoms with van der Waals surface area (Å²) in [4.78, 5) is 11.2. The number of rotatable bonds is 6. The largest absolute Gasteiger partial charge is 1.00 e. The average molecular weight is 236 g/mol. The van der Waals surface area contributed by atoms with Gasteiger partial charge in [-0.15, -0.1) is 0 Å². The monoisotopic (exact) mass is 235 g/mol. The first kappa shape index (κ1) is 16.9. The van der Waals surface area contributed by atoms with Gasteiger partial charge in [0.2, 0.25) is 0 Å². The Balaban J connectivity index is 0. The summed E-state index contributed by atoms with van der Waals surface area (Å²) in [6.45, 7) is 3.01. The third-order valence-electron chi connectivity index (χ3n) is 1.55. The molecule has 0 radical (unpaired) electrons. The third-order valence-corrected chi connectivity index (χ3v) is 1.55. The van der Waals surface area contributed by atoms with E-state index in [0.29, 0.717) is 17.6 Å². The van der Waals surface area contributed by atoms with Gasteiger partial charge in [0.05, 0.1) is 27.7 Å². The zero-order chi connectivity index (χ0) is 11.0. The van der Waals surface area contributed by atoms with Crippen molar-refractivity contribution < 1.29 is 26.4 Å². The van der Waals surface area contributed by atoms with Crippen molar-refractivity contribution in [2.45, 2.75) is 19.8 Å². The highest BCUT2D eigenvalue weighted by Crippen LogP contribution is 1.93. The molecule has 0 saturated carbocycles. The van der Waals surface area contributed by atoms with Gasteiger partial charge in [0.25, 0.3) is 0 Å². The number of hydrogen-bond acceptors (Lipinski definition) is 2. The van der Waals surface area contributed by atoms with Crippen LogP contribution in [0.5, 0.6) is 0 Å². The molecule has 0 aliphatic heterocycles. The Hall–Kier alpha value is -0.540. The van der Waals surface area contributed by atoms with Gasteiger partial charge in [-0.25, -0.2) is 4.79 Å². The molecule has 0 aliphatic rings. The number of nitrogens with zero attached hydrogens (tertiary/aromatic N) is 1. The number of carbonyl (C=O) groups excluding carboxylic acids is 1. The van der Waals surface area contributed by atoms with E-state index in [0.717, 1.165) is 12.8 Å². The fourth-order valence-electron chi connectivity index (χ4n) is 0.958. The number of ether oxygens (including phenoxy) is 1. The van der Waals surface area contributed by atoms with Gasteiger partial charge in [-0.05, 0) is 12.8 Å². The molecule has 0 unspecified atom stereocenters. The van der Waals surface area contributed by atoms with Gasteiger partial charge in [0.1, 0.15) is 0 Å². The van der Waals surface area contributed by atoms with E-state index in [-0.39, 0.29) is 18.4 Å². The first-order chi connectivity index (χ1) is 6.45. The van der Waals surface area contributed by atoms with Crippen LogP contribution in [0.25, 0.3) is 0 Å². The van der Waals surface area contributed by atoms with Crippen LogP contribution >= 0.6 is 0 Å². The molecule has 90 valence electrons. The predicted octanol–water partition coefficient (Wildman–Crippen LogP) is -1.40. The second kappa shape index (κ2) is 8.74. The van der Waals surface area contributed by atoms with Crippen LogP contribution in [0.4, 0.5) is 0 Å². The Bertz CT molecular complexity index is 197. The summed E-state index contributed by atoms with van der Waals surface area (Å²) in [5.74, 6) is -0.123. The van der Waals surface area contributed by atoms with Crippen molar-refractivity contribution in [3.63, 3.8) is 0 Å². The minimum atomic E-state index is -0.123. The summed E-state index contributed by atoms with van der Waals surface area (Å²) in [5.41, 5.74) is 0. The zero-order valence-electron chi connectivity index (χ0n) is 10.1. The highest BCUT2D eigenvalue weighted by molar-refractivity contribution is 5.70. The Kier molecular flexibility index (Phi) is 9.84. The lowest BCUT2D eigenvalue weighted by Gasteiger charge is -2.22. The smallest absolute Gasteiger partial charge is 0.361 e. The summed E-state index contributed by atoms with van der Waals surface area (Å²) in [5, 5.41) is 0. The molecule has 3 nitrogen and oxygen atoms in total. The summed E-state index contributed by atoms with van der Waals surface area (Å²) in [6.07, 6.45) is 5.97. The van der Waals surface area contributed by atoms with E-state index < -0.39 is 0 Å². The lowest BCUT2D eigenvalue weighted by Crippen LogP contribution is -3.00. The maximum atomic E-state index is 11.2. The molecule has 0 aliphatic carbocycles. The molecule has 0 N–H and O–H groups in total. The molecule has 0 amide bonds. The van der Waals surface area contributed by atoms with E-state index in [1.165, 1.54) is 0 Å². The number of hydrogen-bond donors (Lipinski definition) is 0. The lowest BCUT2D eigenvalue weighted by molar-refractivity contribution is -0.862. The number of allylic oxidation sites excluding steroid dienone is 1. The molecule has 0 saturated heterocycles. The summed E-state index contributed by atoms with van der Waals surface area (Å²) in [6, 6.07) is 0. The highest BCUT2D eigenvalue weighted by atomic mass is 35.5. The predicted molar refractivity (Wildman–Crippen MR) is 57.9 cm³/mol. The quantitative estimate of drug-likeness (QED) is 0.245. The topological polar surface area (TPSA) is 26.3 Å². The van der Waals surface area contributed by atoms with Crippen molar-refractivity contribution in [2.75, 3.05) is 34.3 Å². The van der Waals surface area contributed by atoms with Crippen LogP contribution < -0.4 is 12.4 Å². The number of esters is 1. The van der Waals surface area contributed by atoms with E-state index in [4.69, 9.17) is 4.74 Å². The number of carbonyl (C=O) groups is 1. The van der Waals surface area contributed by atoms with Crippen LogP contribution in [0, 0.1) is 0 Å². The number of likely N-dealkylation sites (N-methyl/N-ethyl adjacent to an activating group) is 1. The Morgan fingerprint density at radius 2 is 1.87 bits per heavy atom. The second-order valence-electron chi connectivity index (χ2n) is 4.34. The van der Waals surface area contributed by atoms with Crippen LogP contribution in [0.3, 0.4) is 0 Å². The van der Waals surface area contributed by atoms with Crippen LogP contribution in [-0.2, 0) is 9.53 Å².